The van der Waals surface area contributed by atoms with Crippen molar-refractivity contribution in [2.45, 2.75) is 13.0 Å². The van der Waals surface area contributed by atoms with Gasteiger partial charge < -0.3 is 18.6 Å². The second-order valence-corrected chi connectivity index (χ2v) is 9.70. The third-order valence-corrected chi connectivity index (χ3v) is 6.89. The lowest BCUT2D eigenvalue weighted by Crippen LogP contribution is -2.22. The van der Waals surface area contributed by atoms with E-state index in [1.807, 2.05) is 19.0 Å². The van der Waals surface area contributed by atoms with Gasteiger partial charge in [0.05, 0.1) is 40.8 Å². The Morgan fingerprint density at radius 1 is 1.23 bits per heavy atom. The largest absolute Gasteiger partial charge is 0.463 e. The van der Waals surface area contributed by atoms with Crippen molar-refractivity contribution in [1.29, 1.82) is 0 Å². The number of ketones is 1. The number of benzene rings is 2. The fraction of sp³-hybridized carbons (Fsp3) is 0.207. The average molecular weight is 531 g/mol. The molecule has 6 rings (SSSR count). The number of allylic oxidation sites excluding steroid dienone is 4. The van der Waals surface area contributed by atoms with Gasteiger partial charge in [-0.15, -0.1) is 0 Å². The molecule has 8 nitrogen and oxygen atoms in total. The third kappa shape index (κ3) is 4.22. The minimum Gasteiger partial charge on any atom is -0.463 e. The van der Waals surface area contributed by atoms with Crippen LogP contribution in [0.15, 0.2) is 59.4 Å². The van der Waals surface area contributed by atoms with E-state index >= 15 is 8.78 Å². The number of nitrogens with one attached hydrogen (secondary N) is 1. The number of nitrogens with zero attached hydrogens (tertiary/aromatic N) is 3. The number of carbonyl (C=O) groups is 2. The van der Waals surface area contributed by atoms with E-state index in [-0.39, 0.29) is 64.2 Å². The molecule has 0 bridgehead atoms. The number of ether oxygens (including phenoxy) is 1. The van der Waals surface area contributed by atoms with Crippen molar-refractivity contribution < 1.29 is 27.5 Å². The van der Waals surface area contributed by atoms with E-state index in [1.54, 1.807) is 30.5 Å². The van der Waals surface area contributed by atoms with Crippen LogP contribution in [0.1, 0.15) is 28.0 Å². The van der Waals surface area contributed by atoms with Crippen molar-refractivity contribution in [2.75, 3.05) is 27.2 Å². The third-order valence-electron chi connectivity index (χ3n) is 6.89. The highest BCUT2D eigenvalue weighted by Crippen LogP contribution is 2.40. The molecule has 0 atom stereocenters. The Balaban J connectivity index is 1.65. The molecule has 0 amide bonds. The lowest BCUT2D eigenvalue weighted by molar-refractivity contribution is -0.113. The Bertz CT molecular complexity index is 1840. The highest BCUT2D eigenvalue weighted by Gasteiger charge is 2.32. The van der Waals surface area contributed by atoms with Crippen molar-refractivity contribution in [3.05, 3.63) is 83.4 Å². The first kappa shape index (κ1) is 24.7. The maximum atomic E-state index is 15.3. The van der Waals surface area contributed by atoms with Crippen LogP contribution < -0.4 is 0 Å². The number of aromatic nitrogens is 3. The average Bonchev–Trinajstić information content (AvgIpc) is 3.62. The highest BCUT2D eigenvalue weighted by atomic mass is 19.1. The van der Waals surface area contributed by atoms with Gasteiger partial charge in [0.25, 0.3) is 0 Å². The van der Waals surface area contributed by atoms with Gasteiger partial charge in [-0.2, -0.15) is 5.10 Å². The zero-order valence-corrected chi connectivity index (χ0v) is 21.3. The summed E-state index contributed by atoms with van der Waals surface area (Å²) in [6, 6.07) is 5.72. The molecule has 0 spiro atoms. The van der Waals surface area contributed by atoms with E-state index in [0.29, 0.717) is 22.8 Å². The normalized spacial score (nSPS) is 13.8. The molecular formula is C29H24F2N4O4. The maximum Gasteiger partial charge on any atom is 0.355 e. The number of H-pyrrole nitrogens is 1. The molecule has 3 heterocycles. The van der Waals surface area contributed by atoms with Gasteiger partial charge in [0, 0.05) is 35.1 Å². The molecule has 0 aliphatic heterocycles. The number of esters is 1. The van der Waals surface area contributed by atoms with Crippen LogP contribution in [0, 0.1) is 11.6 Å². The summed E-state index contributed by atoms with van der Waals surface area (Å²) in [5.74, 6) is -2.03. The Morgan fingerprint density at radius 3 is 2.87 bits per heavy atom. The molecule has 10 heteroatoms. The minimum atomic E-state index is -0.712. The van der Waals surface area contributed by atoms with Crippen LogP contribution in [0.3, 0.4) is 0 Å². The Hall–Kier alpha value is -4.57. The van der Waals surface area contributed by atoms with Crippen molar-refractivity contribution in [1.82, 2.24) is 19.7 Å². The maximum absolute atomic E-state index is 15.3. The first-order valence-electron chi connectivity index (χ1n) is 12.4. The van der Waals surface area contributed by atoms with Crippen LogP contribution in [-0.2, 0) is 16.1 Å². The number of likely N-dealkylation sites (N-methyl/N-ethyl adjacent to an activating group) is 1. The molecule has 0 saturated heterocycles. The Labute approximate surface area is 221 Å². The number of fused-ring (bicyclic) bond motifs is 4. The first-order chi connectivity index (χ1) is 18.8. The molecule has 5 aromatic rings. The summed E-state index contributed by atoms with van der Waals surface area (Å²) in [6.07, 6.45) is 8.14. The minimum absolute atomic E-state index is 0.0219. The van der Waals surface area contributed by atoms with E-state index in [9.17, 15) is 9.59 Å². The van der Waals surface area contributed by atoms with Crippen molar-refractivity contribution >= 4 is 50.1 Å². The van der Waals surface area contributed by atoms with Gasteiger partial charge in [0.1, 0.15) is 29.5 Å². The summed E-state index contributed by atoms with van der Waals surface area (Å²) in [4.78, 5) is 28.7. The van der Waals surface area contributed by atoms with Gasteiger partial charge in [-0.3, -0.25) is 9.89 Å². The predicted molar refractivity (Wildman–Crippen MR) is 142 cm³/mol. The van der Waals surface area contributed by atoms with Crippen molar-refractivity contribution in [2.24, 2.45) is 0 Å². The van der Waals surface area contributed by atoms with E-state index in [0.717, 1.165) is 0 Å². The number of halogens is 2. The molecule has 1 aliphatic carbocycles. The summed E-state index contributed by atoms with van der Waals surface area (Å²) in [5, 5.41) is 7.96. The SMILES string of the molecule is CN(C)CCOC(=O)c1c(C2=CC=CCC2=O)c2c3occc3c(F)cc2n1Cc1cc2cn[nH]c2cc1F. The standard InChI is InChI=1S/C29H24F2N4O4/c1-34(2)8-10-39-29(37)27-25(19-5-3-4-6-24(19)36)26-23(13-21(31)18-7-9-38-28(18)26)35(27)15-17-11-16-14-32-33-22(16)12-20(17)30/h3-5,7,9,11-14H,6,8,10,15H2,1-2H3,(H,32,33). The number of rotatable bonds is 7. The fourth-order valence-corrected chi connectivity index (χ4v) is 5.00. The zero-order chi connectivity index (χ0) is 27.3. The molecule has 198 valence electrons. The van der Waals surface area contributed by atoms with Gasteiger partial charge in [0.15, 0.2) is 5.78 Å². The number of Topliss-reactive ketones (excluding diaryl/α,β-unsaturated/α-hetero) is 1. The molecule has 0 saturated carbocycles. The molecule has 39 heavy (non-hydrogen) atoms. The quantitative estimate of drug-likeness (QED) is 0.290. The second kappa shape index (κ2) is 9.63. The molecule has 0 unspecified atom stereocenters. The number of carbonyl (C=O) groups excluding carboxylic acids is 2. The van der Waals surface area contributed by atoms with Gasteiger partial charge in [-0.1, -0.05) is 18.2 Å². The topological polar surface area (TPSA) is 93.4 Å². The van der Waals surface area contributed by atoms with E-state index in [2.05, 4.69) is 10.2 Å². The summed E-state index contributed by atoms with van der Waals surface area (Å²) in [7, 11) is 3.69. The molecule has 2 aromatic carbocycles. The van der Waals surface area contributed by atoms with E-state index in [4.69, 9.17) is 9.15 Å². The molecular weight excluding hydrogens is 506 g/mol. The predicted octanol–water partition coefficient (Wildman–Crippen LogP) is 5.22. The van der Waals surface area contributed by atoms with Crippen LogP contribution in [0.5, 0.6) is 0 Å². The molecule has 0 fully saturated rings. The number of aromatic amines is 1. The van der Waals surface area contributed by atoms with Gasteiger partial charge in [-0.05, 0) is 38.4 Å². The zero-order valence-electron chi connectivity index (χ0n) is 21.3. The number of furan rings is 1. The summed E-state index contributed by atoms with van der Waals surface area (Å²) in [6.45, 7) is 0.415. The smallest absolute Gasteiger partial charge is 0.355 e. The van der Waals surface area contributed by atoms with Crippen LogP contribution >= 0.6 is 0 Å². The summed E-state index contributed by atoms with van der Waals surface area (Å²) >= 11 is 0. The molecule has 1 aliphatic rings. The van der Waals surface area contributed by atoms with Crippen LogP contribution in [0.2, 0.25) is 0 Å². The number of hydrogen-bond donors (Lipinski definition) is 1. The first-order valence-corrected chi connectivity index (χ1v) is 12.4. The summed E-state index contributed by atoms with van der Waals surface area (Å²) in [5.41, 5.74) is 1.81. The van der Waals surface area contributed by atoms with Crippen LogP contribution in [0.4, 0.5) is 8.78 Å². The Kier molecular flexibility index (Phi) is 6.11. The van der Waals surface area contributed by atoms with Crippen molar-refractivity contribution in [3.63, 3.8) is 0 Å². The second-order valence-electron chi connectivity index (χ2n) is 9.70. The molecule has 0 radical (unpaired) electrons. The van der Waals surface area contributed by atoms with Crippen LogP contribution in [0.25, 0.3) is 38.3 Å². The van der Waals surface area contributed by atoms with Gasteiger partial charge >= 0.3 is 5.97 Å². The Morgan fingerprint density at radius 2 is 2.08 bits per heavy atom. The van der Waals surface area contributed by atoms with Crippen molar-refractivity contribution in [3.8, 4) is 0 Å². The summed E-state index contributed by atoms with van der Waals surface area (Å²) < 4.78 is 43.4. The van der Waals surface area contributed by atoms with Gasteiger partial charge in [-0.25, -0.2) is 13.6 Å². The van der Waals surface area contributed by atoms with Gasteiger partial charge in [0.2, 0.25) is 0 Å². The monoisotopic (exact) mass is 530 g/mol. The number of hydrogen-bond acceptors (Lipinski definition) is 6. The lowest BCUT2D eigenvalue weighted by atomic mass is 9.93. The lowest BCUT2D eigenvalue weighted by Gasteiger charge is -2.15. The molecule has 1 N–H and O–H groups in total. The van der Waals surface area contributed by atoms with Crippen LogP contribution in [-0.4, -0.2) is 58.7 Å². The molecule has 3 aromatic heterocycles. The van der Waals surface area contributed by atoms with E-state index in [1.165, 1.54) is 29.0 Å². The highest BCUT2D eigenvalue weighted by molar-refractivity contribution is 6.29. The fourth-order valence-electron chi connectivity index (χ4n) is 5.00. The van der Waals surface area contributed by atoms with E-state index < -0.39 is 17.6 Å².